The first-order valence-corrected chi connectivity index (χ1v) is 10.3. The summed E-state index contributed by atoms with van der Waals surface area (Å²) in [6.07, 6.45) is 0. The van der Waals surface area contributed by atoms with Gasteiger partial charge in [-0.25, -0.2) is 12.7 Å². The van der Waals surface area contributed by atoms with Crippen molar-refractivity contribution >= 4 is 21.6 Å². The maximum atomic E-state index is 12.6. The van der Waals surface area contributed by atoms with Gasteiger partial charge in [0.05, 0.1) is 11.4 Å². The molecule has 0 spiro atoms. The smallest absolute Gasteiger partial charge is 0.246 e. The van der Waals surface area contributed by atoms with Gasteiger partial charge in [-0.3, -0.25) is 9.48 Å². The number of carbonyl (C=O) groups is 1. The van der Waals surface area contributed by atoms with Crippen molar-refractivity contribution in [2.24, 2.45) is 0 Å². The molecule has 0 atom stereocenters. The largest absolute Gasteiger partial charge is 0.324 e. The molecular formula is C19H28N4O3S. The van der Waals surface area contributed by atoms with Crippen LogP contribution >= 0.6 is 0 Å². The molecule has 1 heterocycles. The van der Waals surface area contributed by atoms with E-state index >= 15 is 0 Å². The van der Waals surface area contributed by atoms with Crippen LogP contribution in [0.25, 0.3) is 0 Å². The van der Waals surface area contributed by atoms with Gasteiger partial charge >= 0.3 is 0 Å². The average Bonchev–Trinajstić information content (AvgIpc) is 2.83. The maximum Gasteiger partial charge on any atom is 0.246 e. The Hall–Kier alpha value is -2.19. The molecule has 0 saturated carbocycles. The van der Waals surface area contributed by atoms with Crippen LogP contribution in [-0.4, -0.2) is 42.5 Å². The molecule has 0 aliphatic heterocycles. The Morgan fingerprint density at radius 2 is 1.85 bits per heavy atom. The summed E-state index contributed by atoms with van der Waals surface area (Å²) in [6, 6.07) is 5.92. The number of amides is 1. The zero-order chi connectivity index (χ0) is 20.5. The molecule has 1 aromatic heterocycles. The number of carbonyl (C=O) groups excluding carboxylic acids is 1. The number of para-hydroxylation sites is 1. The van der Waals surface area contributed by atoms with Crippen LogP contribution in [-0.2, 0) is 21.4 Å². The second-order valence-electron chi connectivity index (χ2n) is 7.19. The minimum Gasteiger partial charge on any atom is -0.324 e. The quantitative estimate of drug-likeness (QED) is 0.819. The Labute approximate surface area is 161 Å². The van der Waals surface area contributed by atoms with Gasteiger partial charge in [0.2, 0.25) is 15.9 Å². The minimum absolute atomic E-state index is 0.0541. The highest BCUT2D eigenvalue weighted by Gasteiger charge is 2.27. The van der Waals surface area contributed by atoms with E-state index in [-0.39, 0.29) is 23.3 Å². The molecule has 27 heavy (non-hydrogen) atoms. The van der Waals surface area contributed by atoms with Crippen molar-refractivity contribution in [3.8, 4) is 0 Å². The summed E-state index contributed by atoms with van der Waals surface area (Å²) in [5, 5.41) is 7.24. The zero-order valence-electron chi connectivity index (χ0n) is 17.0. The lowest BCUT2D eigenvalue weighted by atomic mass is 9.98. The van der Waals surface area contributed by atoms with E-state index in [1.165, 1.54) is 18.8 Å². The highest BCUT2D eigenvalue weighted by molar-refractivity contribution is 7.89. The van der Waals surface area contributed by atoms with Gasteiger partial charge in [0.25, 0.3) is 0 Å². The number of aromatic nitrogens is 2. The zero-order valence-corrected chi connectivity index (χ0v) is 17.8. The number of hydrogen-bond donors (Lipinski definition) is 1. The van der Waals surface area contributed by atoms with Gasteiger partial charge in [-0.05, 0) is 37.8 Å². The van der Waals surface area contributed by atoms with E-state index in [4.69, 9.17) is 0 Å². The van der Waals surface area contributed by atoms with Gasteiger partial charge in [-0.15, -0.1) is 0 Å². The number of nitrogens with one attached hydrogen (secondary N) is 1. The van der Waals surface area contributed by atoms with E-state index in [0.29, 0.717) is 11.4 Å². The van der Waals surface area contributed by atoms with Crippen molar-refractivity contribution < 1.29 is 13.2 Å². The predicted octanol–water partition coefficient (Wildman–Crippen LogP) is 2.82. The molecular weight excluding hydrogens is 364 g/mol. The fourth-order valence-electron chi connectivity index (χ4n) is 3.05. The van der Waals surface area contributed by atoms with Crippen LogP contribution in [0.4, 0.5) is 5.69 Å². The van der Waals surface area contributed by atoms with Crippen molar-refractivity contribution in [1.82, 2.24) is 14.1 Å². The molecule has 1 amide bonds. The molecule has 8 heteroatoms. The molecule has 0 bridgehead atoms. The fraction of sp³-hybridized carbons (Fsp3) is 0.474. The van der Waals surface area contributed by atoms with Crippen LogP contribution in [0.3, 0.4) is 0 Å². The van der Waals surface area contributed by atoms with Crippen molar-refractivity contribution in [2.45, 2.75) is 52.0 Å². The van der Waals surface area contributed by atoms with E-state index in [1.54, 1.807) is 13.8 Å². The summed E-state index contributed by atoms with van der Waals surface area (Å²) in [7, 11) is -0.666. The van der Waals surface area contributed by atoms with E-state index in [0.717, 1.165) is 21.1 Å². The summed E-state index contributed by atoms with van der Waals surface area (Å²) in [5.41, 5.74) is 3.68. The number of benzene rings is 1. The predicted molar refractivity (Wildman–Crippen MR) is 106 cm³/mol. The lowest BCUT2D eigenvalue weighted by Gasteiger charge is -2.16. The SMILES string of the molecule is Cc1cccc(C(C)C)c1NC(=O)Cn1nc(C)c(S(=O)(=O)N(C)C)c1C. The lowest BCUT2D eigenvalue weighted by Crippen LogP contribution is -2.24. The molecule has 2 aromatic rings. The van der Waals surface area contributed by atoms with Crippen molar-refractivity contribution in [2.75, 3.05) is 19.4 Å². The first kappa shape index (κ1) is 21.1. The monoisotopic (exact) mass is 392 g/mol. The molecule has 0 aliphatic rings. The summed E-state index contributed by atoms with van der Waals surface area (Å²) in [5.74, 6) is 0.0244. The first-order chi connectivity index (χ1) is 12.5. The normalized spacial score (nSPS) is 12.0. The molecule has 148 valence electrons. The number of sulfonamides is 1. The molecule has 0 aliphatic carbocycles. The summed E-state index contributed by atoms with van der Waals surface area (Å²) in [6.45, 7) is 9.34. The molecule has 0 radical (unpaired) electrons. The van der Waals surface area contributed by atoms with Crippen LogP contribution in [0, 0.1) is 20.8 Å². The van der Waals surface area contributed by atoms with E-state index in [2.05, 4.69) is 24.3 Å². The van der Waals surface area contributed by atoms with Crippen LogP contribution in [0.15, 0.2) is 23.1 Å². The third-order valence-electron chi connectivity index (χ3n) is 4.54. The van der Waals surface area contributed by atoms with Crippen LogP contribution < -0.4 is 5.32 Å². The first-order valence-electron chi connectivity index (χ1n) is 8.82. The van der Waals surface area contributed by atoms with Gasteiger partial charge in [-0.1, -0.05) is 32.0 Å². The third kappa shape index (κ3) is 4.22. The molecule has 1 N–H and O–H groups in total. The number of nitrogens with zero attached hydrogens (tertiary/aromatic N) is 3. The molecule has 0 saturated heterocycles. The lowest BCUT2D eigenvalue weighted by molar-refractivity contribution is -0.117. The topological polar surface area (TPSA) is 84.3 Å². The Balaban J connectivity index is 2.31. The number of hydrogen-bond acceptors (Lipinski definition) is 4. The average molecular weight is 393 g/mol. The van der Waals surface area contributed by atoms with Crippen LogP contribution in [0.2, 0.25) is 0 Å². The van der Waals surface area contributed by atoms with E-state index < -0.39 is 10.0 Å². The Morgan fingerprint density at radius 3 is 2.41 bits per heavy atom. The van der Waals surface area contributed by atoms with Gasteiger partial charge in [0.1, 0.15) is 11.4 Å². The molecule has 7 nitrogen and oxygen atoms in total. The highest BCUT2D eigenvalue weighted by atomic mass is 32.2. The molecule has 1 aromatic carbocycles. The molecule has 0 unspecified atom stereocenters. The van der Waals surface area contributed by atoms with Crippen molar-refractivity contribution in [3.05, 3.63) is 40.7 Å². The third-order valence-corrected chi connectivity index (χ3v) is 6.61. The Kier molecular flexibility index (Phi) is 6.11. The number of anilines is 1. The van der Waals surface area contributed by atoms with Gasteiger partial charge < -0.3 is 5.32 Å². The summed E-state index contributed by atoms with van der Waals surface area (Å²) < 4.78 is 27.6. The van der Waals surface area contributed by atoms with Crippen LogP contribution in [0.1, 0.15) is 42.3 Å². The number of rotatable bonds is 6. The Bertz CT molecular complexity index is 960. The van der Waals surface area contributed by atoms with Gasteiger partial charge in [0.15, 0.2) is 0 Å². The molecule has 2 rings (SSSR count). The Morgan fingerprint density at radius 1 is 1.22 bits per heavy atom. The van der Waals surface area contributed by atoms with Gasteiger partial charge in [-0.2, -0.15) is 5.10 Å². The van der Waals surface area contributed by atoms with Crippen molar-refractivity contribution in [3.63, 3.8) is 0 Å². The fourth-order valence-corrected chi connectivity index (χ4v) is 4.31. The molecule has 0 fully saturated rings. The second-order valence-corrected chi connectivity index (χ2v) is 9.28. The van der Waals surface area contributed by atoms with Gasteiger partial charge in [0, 0.05) is 19.8 Å². The summed E-state index contributed by atoms with van der Waals surface area (Å²) in [4.78, 5) is 12.8. The standard InChI is InChI=1S/C19H28N4O3S/c1-12(2)16-10-8-9-13(3)18(16)20-17(24)11-23-15(5)19(14(4)21-23)27(25,26)22(6)7/h8-10,12H,11H2,1-7H3,(H,20,24). The highest BCUT2D eigenvalue weighted by Crippen LogP contribution is 2.27. The maximum absolute atomic E-state index is 12.6. The van der Waals surface area contributed by atoms with Crippen molar-refractivity contribution in [1.29, 1.82) is 0 Å². The number of aryl methyl sites for hydroxylation is 2. The van der Waals surface area contributed by atoms with Crippen LogP contribution in [0.5, 0.6) is 0 Å². The minimum atomic E-state index is -3.62. The van der Waals surface area contributed by atoms with E-state index in [9.17, 15) is 13.2 Å². The summed E-state index contributed by atoms with van der Waals surface area (Å²) >= 11 is 0. The van der Waals surface area contributed by atoms with E-state index in [1.807, 2.05) is 25.1 Å². The second kappa shape index (κ2) is 7.82.